The summed E-state index contributed by atoms with van der Waals surface area (Å²) < 4.78 is 16.7. The second-order valence-corrected chi connectivity index (χ2v) is 13.5. The first kappa shape index (κ1) is 37.3. The Balaban J connectivity index is 1.50. The average Bonchev–Trinajstić information content (AvgIpc) is 3.51. The minimum absolute atomic E-state index is 0.0581. The Hall–Kier alpha value is -4.51. The molecule has 0 aromatic heterocycles. The van der Waals surface area contributed by atoms with E-state index in [1.165, 1.54) is 11.8 Å². The maximum atomic E-state index is 14.1. The lowest BCUT2D eigenvalue weighted by Crippen LogP contribution is -2.60. The van der Waals surface area contributed by atoms with Gasteiger partial charge < -0.3 is 30.2 Å². The predicted octanol–water partition coefficient (Wildman–Crippen LogP) is 6.28. The third kappa shape index (κ3) is 11.3. The quantitative estimate of drug-likeness (QED) is 0.112. The summed E-state index contributed by atoms with van der Waals surface area (Å²) in [5.41, 5.74) is 1.75. The summed E-state index contributed by atoms with van der Waals surface area (Å²) in [6.07, 6.45) is -1.33. The van der Waals surface area contributed by atoms with E-state index in [9.17, 15) is 19.2 Å². The standard InChI is InChI=1S/C38H47N3O7S/c1-5-25(3)32(40-36(43)33(26(4)6-2)41-37(44)46-23-28-18-12-8-13-19-28)35(42)39-30(22-27-16-10-7-11-17-27)34-31(47-38(45)48-34)24-49-29-20-14-9-15-21-29/h7-21,25-26,30-34H,5-6,22-24H2,1-4H3,(H,39,42)(H,40,43)(H,41,44)/t25-,26-,30-,31-,32-,33-,34+/m0/s1. The number of amides is 3. The van der Waals surface area contributed by atoms with Crippen LogP contribution in [0.1, 0.15) is 51.7 Å². The van der Waals surface area contributed by atoms with Crippen LogP contribution >= 0.6 is 11.8 Å². The second kappa shape index (κ2) is 18.9. The molecule has 1 aliphatic heterocycles. The fraction of sp³-hybridized carbons (Fsp3) is 0.421. The zero-order valence-electron chi connectivity index (χ0n) is 28.5. The van der Waals surface area contributed by atoms with Crippen LogP contribution in [0.4, 0.5) is 9.59 Å². The van der Waals surface area contributed by atoms with Crippen molar-refractivity contribution in [3.05, 3.63) is 102 Å². The van der Waals surface area contributed by atoms with Crippen LogP contribution in [0.15, 0.2) is 95.9 Å². The molecular weight excluding hydrogens is 642 g/mol. The highest BCUT2D eigenvalue weighted by Gasteiger charge is 2.44. The molecule has 11 heteroatoms. The molecule has 0 saturated carbocycles. The number of nitrogens with one attached hydrogen (secondary N) is 3. The number of carbonyl (C=O) groups excluding carboxylic acids is 4. The molecular formula is C38H47N3O7S. The van der Waals surface area contributed by atoms with Crippen molar-refractivity contribution in [2.45, 2.75) is 88.8 Å². The van der Waals surface area contributed by atoms with E-state index < -0.39 is 54.4 Å². The zero-order chi connectivity index (χ0) is 35.2. The minimum atomic E-state index is -0.934. The normalized spacial score (nSPS) is 18.5. The lowest BCUT2D eigenvalue weighted by molar-refractivity contribution is -0.132. The first-order valence-corrected chi connectivity index (χ1v) is 17.8. The van der Waals surface area contributed by atoms with E-state index in [1.54, 1.807) is 0 Å². The van der Waals surface area contributed by atoms with Crippen molar-refractivity contribution in [1.29, 1.82) is 0 Å². The van der Waals surface area contributed by atoms with E-state index in [4.69, 9.17) is 14.2 Å². The number of hydrogen-bond donors (Lipinski definition) is 3. The molecule has 3 N–H and O–H groups in total. The van der Waals surface area contributed by atoms with Gasteiger partial charge in [-0.1, -0.05) is 119 Å². The van der Waals surface area contributed by atoms with Crippen molar-refractivity contribution in [2.24, 2.45) is 11.8 Å². The van der Waals surface area contributed by atoms with Crippen LogP contribution in [0.5, 0.6) is 0 Å². The minimum Gasteiger partial charge on any atom is -0.445 e. The lowest BCUT2D eigenvalue weighted by Gasteiger charge is -2.31. The Labute approximate surface area is 293 Å². The van der Waals surface area contributed by atoms with E-state index in [0.29, 0.717) is 25.0 Å². The highest BCUT2D eigenvalue weighted by molar-refractivity contribution is 7.99. The van der Waals surface area contributed by atoms with E-state index in [1.807, 2.05) is 119 Å². The molecule has 0 bridgehead atoms. The first-order valence-electron chi connectivity index (χ1n) is 16.8. The fourth-order valence-electron chi connectivity index (χ4n) is 5.50. The molecule has 262 valence electrons. The largest absolute Gasteiger partial charge is 0.509 e. The van der Waals surface area contributed by atoms with Gasteiger partial charge in [-0.3, -0.25) is 9.59 Å². The lowest BCUT2D eigenvalue weighted by atomic mass is 9.93. The number of ether oxygens (including phenoxy) is 3. The molecule has 3 aromatic rings. The van der Waals surface area contributed by atoms with Crippen molar-refractivity contribution in [3.8, 4) is 0 Å². The molecule has 3 aromatic carbocycles. The number of rotatable bonds is 17. The van der Waals surface area contributed by atoms with Crippen LogP contribution in [-0.4, -0.2) is 60.1 Å². The SMILES string of the molecule is CC[C@H](C)[C@H](NC(=O)OCc1ccccc1)C(=O)N[C@H](C(=O)N[C@@H](Cc1ccccc1)[C@H]1OC(=O)O[C@H]1CSc1ccccc1)[C@@H](C)CC. The molecule has 1 heterocycles. The Morgan fingerprint density at radius 3 is 1.86 bits per heavy atom. The van der Waals surface area contributed by atoms with Gasteiger partial charge in [-0.15, -0.1) is 11.8 Å². The summed E-state index contributed by atoms with van der Waals surface area (Å²) in [5, 5.41) is 8.74. The van der Waals surface area contributed by atoms with Crippen LogP contribution in [0.25, 0.3) is 0 Å². The number of thioether (sulfide) groups is 1. The van der Waals surface area contributed by atoms with Crippen molar-refractivity contribution in [2.75, 3.05) is 5.75 Å². The number of hydrogen-bond acceptors (Lipinski definition) is 8. The topological polar surface area (TPSA) is 132 Å². The fourth-order valence-corrected chi connectivity index (χ4v) is 6.46. The third-order valence-corrected chi connectivity index (χ3v) is 9.90. The highest BCUT2D eigenvalue weighted by Crippen LogP contribution is 2.28. The Kier molecular flexibility index (Phi) is 14.4. The van der Waals surface area contributed by atoms with E-state index in [0.717, 1.165) is 16.0 Å². The zero-order valence-corrected chi connectivity index (χ0v) is 29.3. The average molecular weight is 690 g/mol. The van der Waals surface area contributed by atoms with Crippen LogP contribution in [-0.2, 0) is 36.8 Å². The Morgan fingerprint density at radius 1 is 0.735 bits per heavy atom. The number of alkyl carbamates (subject to hydrolysis) is 1. The molecule has 1 saturated heterocycles. The molecule has 0 unspecified atom stereocenters. The maximum absolute atomic E-state index is 14.1. The van der Waals surface area contributed by atoms with E-state index in [2.05, 4.69) is 16.0 Å². The van der Waals surface area contributed by atoms with Gasteiger partial charge in [0.15, 0.2) is 12.2 Å². The molecule has 4 rings (SSSR count). The molecule has 49 heavy (non-hydrogen) atoms. The van der Waals surface area contributed by atoms with Crippen molar-refractivity contribution in [1.82, 2.24) is 16.0 Å². The summed E-state index contributed by atoms with van der Waals surface area (Å²) in [5.74, 6) is -0.978. The predicted molar refractivity (Wildman–Crippen MR) is 189 cm³/mol. The maximum Gasteiger partial charge on any atom is 0.509 e. The number of cyclic esters (lactones) is 2. The highest BCUT2D eigenvalue weighted by atomic mass is 32.2. The van der Waals surface area contributed by atoms with Gasteiger partial charge in [0.05, 0.1) is 6.04 Å². The third-order valence-electron chi connectivity index (χ3n) is 8.80. The summed E-state index contributed by atoms with van der Waals surface area (Å²) in [4.78, 5) is 54.2. The molecule has 0 aliphatic carbocycles. The van der Waals surface area contributed by atoms with Gasteiger partial charge in [-0.05, 0) is 41.5 Å². The van der Waals surface area contributed by atoms with Gasteiger partial charge in [0.1, 0.15) is 18.7 Å². The van der Waals surface area contributed by atoms with E-state index in [-0.39, 0.29) is 18.4 Å². The summed E-state index contributed by atoms with van der Waals surface area (Å²) in [6.45, 7) is 7.66. The van der Waals surface area contributed by atoms with Crippen LogP contribution in [0.2, 0.25) is 0 Å². The van der Waals surface area contributed by atoms with Gasteiger partial charge in [-0.25, -0.2) is 9.59 Å². The smallest absolute Gasteiger partial charge is 0.445 e. The van der Waals surface area contributed by atoms with Gasteiger partial charge in [0.2, 0.25) is 11.8 Å². The van der Waals surface area contributed by atoms with Gasteiger partial charge in [0, 0.05) is 10.6 Å². The van der Waals surface area contributed by atoms with Crippen LogP contribution in [0, 0.1) is 11.8 Å². The number of carbonyl (C=O) groups is 4. The van der Waals surface area contributed by atoms with Crippen LogP contribution < -0.4 is 16.0 Å². The molecule has 0 spiro atoms. The van der Waals surface area contributed by atoms with Gasteiger partial charge >= 0.3 is 12.2 Å². The monoisotopic (exact) mass is 689 g/mol. The molecule has 1 fully saturated rings. The second-order valence-electron chi connectivity index (χ2n) is 12.4. The van der Waals surface area contributed by atoms with E-state index >= 15 is 0 Å². The van der Waals surface area contributed by atoms with Crippen LogP contribution in [0.3, 0.4) is 0 Å². The van der Waals surface area contributed by atoms with Crippen molar-refractivity contribution < 1.29 is 33.4 Å². The number of benzene rings is 3. The molecule has 0 radical (unpaired) electrons. The van der Waals surface area contributed by atoms with Crippen molar-refractivity contribution in [3.63, 3.8) is 0 Å². The molecule has 7 atom stereocenters. The van der Waals surface area contributed by atoms with Gasteiger partial charge in [-0.2, -0.15) is 0 Å². The Morgan fingerprint density at radius 2 is 1.27 bits per heavy atom. The summed E-state index contributed by atoms with van der Waals surface area (Å²) >= 11 is 1.53. The summed E-state index contributed by atoms with van der Waals surface area (Å²) in [6, 6.07) is 26.1. The van der Waals surface area contributed by atoms with Crippen molar-refractivity contribution >= 4 is 35.8 Å². The molecule has 1 aliphatic rings. The van der Waals surface area contributed by atoms with Gasteiger partial charge in [0.25, 0.3) is 0 Å². The molecule has 10 nitrogen and oxygen atoms in total. The Bertz CT molecular complexity index is 1490. The summed E-state index contributed by atoms with van der Waals surface area (Å²) in [7, 11) is 0. The first-order chi connectivity index (χ1) is 23.7. The molecule has 3 amide bonds.